The molecule has 1 aliphatic rings. The van der Waals surface area contributed by atoms with E-state index < -0.39 is 23.0 Å². The van der Waals surface area contributed by atoms with Crippen LogP contribution in [0.4, 0.5) is 8.78 Å². The second-order valence-corrected chi connectivity index (χ2v) is 4.92. The molecule has 1 atom stereocenters. The highest BCUT2D eigenvalue weighted by Gasteiger charge is 2.47. The Labute approximate surface area is 98.3 Å². The van der Waals surface area contributed by atoms with Gasteiger partial charge in [0.05, 0.1) is 5.41 Å². The van der Waals surface area contributed by atoms with Crippen molar-refractivity contribution in [2.24, 2.45) is 11.3 Å². The summed E-state index contributed by atoms with van der Waals surface area (Å²) in [5.41, 5.74) is -0.342. The molecule has 0 saturated heterocycles. The molecule has 2 nitrogen and oxygen atoms in total. The van der Waals surface area contributed by atoms with Crippen LogP contribution in [0.15, 0.2) is 18.2 Å². The molecule has 1 fully saturated rings. The van der Waals surface area contributed by atoms with Gasteiger partial charge in [0.15, 0.2) is 11.6 Å². The third-order valence-corrected chi connectivity index (χ3v) is 3.52. The zero-order chi connectivity index (χ0) is 12.6. The van der Waals surface area contributed by atoms with Crippen molar-refractivity contribution in [3.63, 3.8) is 0 Å². The number of carbonyl (C=O) groups is 1. The second kappa shape index (κ2) is 4.09. The first-order chi connectivity index (χ1) is 7.93. The minimum atomic E-state index is -0.925. The number of hydrogen-bond acceptors (Lipinski definition) is 1. The maximum atomic E-state index is 13.0. The maximum absolute atomic E-state index is 13.0. The average Bonchev–Trinajstić information content (AvgIpc) is 3.07. The number of aliphatic carboxylic acids is 1. The molecular weight excluding hydrogens is 226 g/mol. The lowest BCUT2D eigenvalue weighted by Crippen LogP contribution is -2.32. The molecule has 1 aromatic carbocycles. The molecule has 92 valence electrons. The van der Waals surface area contributed by atoms with Crippen LogP contribution in [0.3, 0.4) is 0 Å². The maximum Gasteiger partial charge on any atom is 0.309 e. The first-order valence-corrected chi connectivity index (χ1v) is 5.61. The summed E-state index contributed by atoms with van der Waals surface area (Å²) >= 11 is 0. The topological polar surface area (TPSA) is 37.3 Å². The summed E-state index contributed by atoms with van der Waals surface area (Å²) in [6.07, 6.45) is 2.03. The Morgan fingerprint density at radius 3 is 2.53 bits per heavy atom. The molecule has 0 spiro atoms. The van der Waals surface area contributed by atoms with Gasteiger partial charge in [0.1, 0.15) is 0 Å². The summed E-state index contributed by atoms with van der Waals surface area (Å²) in [5, 5.41) is 9.26. The van der Waals surface area contributed by atoms with Gasteiger partial charge >= 0.3 is 5.97 Å². The van der Waals surface area contributed by atoms with Crippen LogP contribution in [0, 0.1) is 23.0 Å². The minimum absolute atomic E-state index is 0.146. The molecule has 1 N–H and O–H groups in total. The average molecular weight is 240 g/mol. The summed E-state index contributed by atoms with van der Waals surface area (Å²) in [7, 11) is 0. The monoisotopic (exact) mass is 240 g/mol. The molecule has 0 radical (unpaired) electrons. The molecular formula is C13H14F2O2. The molecule has 1 aromatic rings. The summed E-state index contributed by atoms with van der Waals surface area (Å²) in [6.45, 7) is 1.67. The van der Waals surface area contributed by atoms with Gasteiger partial charge in [0.2, 0.25) is 0 Å². The van der Waals surface area contributed by atoms with E-state index >= 15 is 0 Å². The highest BCUT2D eigenvalue weighted by Crippen LogP contribution is 2.47. The predicted octanol–water partition coefficient (Wildman–Crippen LogP) is 3.01. The van der Waals surface area contributed by atoms with Crippen molar-refractivity contribution >= 4 is 5.97 Å². The van der Waals surface area contributed by atoms with Gasteiger partial charge in [-0.05, 0) is 49.8 Å². The van der Waals surface area contributed by atoms with E-state index in [1.54, 1.807) is 6.92 Å². The molecule has 0 amide bonds. The van der Waals surface area contributed by atoms with Gasteiger partial charge in [-0.3, -0.25) is 4.79 Å². The zero-order valence-electron chi connectivity index (χ0n) is 9.54. The molecule has 0 bridgehead atoms. The lowest BCUT2D eigenvalue weighted by molar-refractivity contribution is -0.149. The van der Waals surface area contributed by atoms with Crippen molar-refractivity contribution in [1.82, 2.24) is 0 Å². The Balaban J connectivity index is 2.23. The Bertz CT molecular complexity index is 455. The Morgan fingerprint density at radius 2 is 2.06 bits per heavy atom. The molecule has 4 heteroatoms. The zero-order valence-corrected chi connectivity index (χ0v) is 9.54. The van der Waals surface area contributed by atoms with Crippen LogP contribution in [0.2, 0.25) is 0 Å². The molecule has 1 saturated carbocycles. The van der Waals surface area contributed by atoms with E-state index in [9.17, 15) is 18.7 Å². The van der Waals surface area contributed by atoms with Crippen LogP contribution in [0.1, 0.15) is 25.3 Å². The van der Waals surface area contributed by atoms with Crippen molar-refractivity contribution in [3.05, 3.63) is 35.4 Å². The van der Waals surface area contributed by atoms with Gasteiger partial charge in [0, 0.05) is 0 Å². The highest BCUT2D eigenvalue weighted by molar-refractivity contribution is 5.75. The third-order valence-electron chi connectivity index (χ3n) is 3.52. The van der Waals surface area contributed by atoms with E-state index in [1.165, 1.54) is 6.07 Å². The summed E-state index contributed by atoms with van der Waals surface area (Å²) in [5.74, 6) is -2.55. The van der Waals surface area contributed by atoms with Gasteiger partial charge in [-0.15, -0.1) is 0 Å². The van der Waals surface area contributed by atoms with Gasteiger partial charge in [0.25, 0.3) is 0 Å². The lowest BCUT2D eigenvalue weighted by atomic mass is 9.79. The smallest absolute Gasteiger partial charge is 0.309 e. The van der Waals surface area contributed by atoms with Crippen LogP contribution in [-0.2, 0) is 11.2 Å². The van der Waals surface area contributed by atoms with E-state index in [1.807, 2.05) is 0 Å². The Kier molecular flexibility index (Phi) is 2.89. The number of hydrogen-bond donors (Lipinski definition) is 1. The lowest BCUT2D eigenvalue weighted by Gasteiger charge is -2.24. The normalized spacial score (nSPS) is 18.8. The van der Waals surface area contributed by atoms with Crippen molar-refractivity contribution in [2.45, 2.75) is 26.2 Å². The molecule has 1 aliphatic carbocycles. The van der Waals surface area contributed by atoms with Crippen LogP contribution in [0.5, 0.6) is 0 Å². The van der Waals surface area contributed by atoms with Crippen molar-refractivity contribution in [1.29, 1.82) is 0 Å². The molecule has 0 aliphatic heterocycles. The van der Waals surface area contributed by atoms with Gasteiger partial charge in [-0.2, -0.15) is 0 Å². The van der Waals surface area contributed by atoms with E-state index in [4.69, 9.17) is 0 Å². The van der Waals surface area contributed by atoms with E-state index in [0.717, 1.165) is 25.0 Å². The fourth-order valence-corrected chi connectivity index (χ4v) is 2.19. The molecule has 17 heavy (non-hydrogen) atoms. The van der Waals surface area contributed by atoms with E-state index in [-0.39, 0.29) is 12.3 Å². The third kappa shape index (κ3) is 2.30. The largest absolute Gasteiger partial charge is 0.481 e. The molecule has 0 aromatic heterocycles. The fourth-order valence-electron chi connectivity index (χ4n) is 2.19. The standard InChI is InChI=1S/C13H14F2O2/c1-13(12(16)17,9-3-4-9)7-8-2-5-10(14)11(15)6-8/h2,5-6,9H,3-4,7H2,1H3,(H,16,17). The summed E-state index contributed by atoms with van der Waals surface area (Å²) in [4.78, 5) is 11.3. The quantitative estimate of drug-likeness (QED) is 0.878. The number of carboxylic acids is 1. The molecule has 1 unspecified atom stereocenters. The number of benzene rings is 1. The minimum Gasteiger partial charge on any atom is -0.481 e. The number of halogens is 2. The van der Waals surface area contributed by atoms with Crippen LogP contribution < -0.4 is 0 Å². The summed E-state index contributed by atoms with van der Waals surface area (Å²) in [6, 6.07) is 3.57. The highest BCUT2D eigenvalue weighted by atomic mass is 19.2. The number of rotatable bonds is 4. The Hall–Kier alpha value is -1.45. The molecule has 2 rings (SSSR count). The van der Waals surface area contributed by atoms with Gasteiger partial charge in [-0.25, -0.2) is 8.78 Å². The molecule has 0 heterocycles. The predicted molar refractivity (Wildman–Crippen MR) is 58.5 cm³/mol. The van der Waals surface area contributed by atoms with Gasteiger partial charge < -0.3 is 5.11 Å². The van der Waals surface area contributed by atoms with E-state index in [2.05, 4.69) is 0 Å². The first kappa shape index (κ1) is 12.0. The number of carboxylic acid groups (broad SMARTS) is 1. The Morgan fingerprint density at radius 1 is 1.41 bits per heavy atom. The van der Waals surface area contributed by atoms with Crippen molar-refractivity contribution in [2.75, 3.05) is 0 Å². The van der Waals surface area contributed by atoms with Crippen LogP contribution >= 0.6 is 0 Å². The van der Waals surface area contributed by atoms with Crippen molar-refractivity contribution < 1.29 is 18.7 Å². The van der Waals surface area contributed by atoms with Crippen molar-refractivity contribution in [3.8, 4) is 0 Å². The van der Waals surface area contributed by atoms with Crippen LogP contribution in [0.25, 0.3) is 0 Å². The first-order valence-electron chi connectivity index (χ1n) is 5.61. The summed E-state index contributed by atoms with van der Waals surface area (Å²) < 4.78 is 25.8. The second-order valence-electron chi connectivity index (χ2n) is 4.92. The fraction of sp³-hybridized carbons (Fsp3) is 0.462. The van der Waals surface area contributed by atoms with Gasteiger partial charge in [-0.1, -0.05) is 6.07 Å². The van der Waals surface area contributed by atoms with Crippen LogP contribution in [-0.4, -0.2) is 11.1 Å². The SMILES string of the molecule is CC(Cc1ccc(F)c(F)c1)(C(=O)O)C1CC1. The van der Waals surface area contributed by atoms with E-state index in [0.29, 0.717) is 5.56 Å².